The Morgan fingerprint density at radius 2 is 2.08 bits per heavy atom. The lowest BCUT2D eigenvalue weighted by Crippen LogP contribution is -2.15. The molecule has 0 aliphatic carbocycles. The molecule has 3 heterocycles. The van der Waals surface area contributed by atoms with Crippen molar-refractivity contribution in [1.29, 1.82) is 0 Å². The Bertz CT molecular complexity index is 1080. The second-order valence-electron chi connectivity index (χ2n) is 5.79. The molecule has 24 heavy (non-hydrogen) atoms. The second kappa shape index (κ2) is 5.41. The summed E-state index contributed by atoms with van der Waals surface area (Å²) in [5, 5.41) is 13.8. The monoisotopic (exact) mass is 341 g/mol. The van der Waals surface area contributed by atoms with E-state index >= 15 is 0 Å². The molecule has 0 fully saturated rings. The number of anilines is 1. The summed E-state index contributed by atoms with van der Waals surface area (Å²) in [6, 6.07) is 3.94. The van der Waals surface area contributed by atoms with Gasteiger partial charge in [-0.15, -0.1) is 16.4 Å². The number of carbonyl (C=O) groups is 1. The zero-order valence-corrected chi connectivity index (χ0v) is 14.3. The van der Waals surface area contributed by atoms with Gasteiger partial charge in [0.1, 0.15) is 5.69 Å². The summed E-state index contributed by atoms with van der Waals surface area (Å²) >= 11 is 1.48. The van der Waals surface area contributed by atoms with E-state index in [9.17, 15) is 4.79 Å². The number of aryl methyl sites for hydroxylation is 3. The Morgan fingerprint density at radius 3 is 2.88 bits per heavy atom. The molecule has 122 valence electrons. The Balaban J connectivity index is 1.56. The summed E-state index contributed by atoms with van der Waals surface area (Å²) in [5.74, 6) is 0.0779. The Labute approximate surface area is 141 Å². The van der Waals surface area contributed by atoms with Crippen molar-refractivity contribution in [3.63, 3.8) is 0 Å². The number of benzene rings is 1. The summed E-state index contributed by atoms with van der Waals surface area (Å²) in [6.45, 7) is 5.98. The molecule has 1 amide bonds. The third-order valence-electron chi connectivity index (χ3n) is 3.99. The number of carbonyl (C=O) groups excluding carboxylic acids is 1. The smallest absolute Gasteiger partial charge is 0.250 e. The Morgan fingerprint density at radius 1 is 1.29 bits per heavy atom. The average Bonchev–Trinajstić information content (AvgIpc) is 3.19. The van der Waals surface area contributed by atoms with Crippen LogP contribution in [0.2, 0.25) is 0 Å². The number of nitrogens with one attached hydrogen (secondary N) is 1. The molecule has 7 nitrogen and oxygen atoms in total. The van der Waals surface area contributed by atoms with Crippen LogP contribution in [0.4, 0.5) is 5.95 Å². The zero-order valence-electron chi connectivity index (χ0n) is 13.5. The van der Waals surface area contributed by atoms with E-state index in [2.05, 4.69) is 20.6 Å². The van der Waals surface area contributed by atoms with Crippen molar-refractivity contribution in [2.75, 3.05) is 5.32 Å². The van der Waals surface area contributed by atoms with Crippen molar-refractivity contribution in [1.82, 2.24) is 19.8 Å². The van der Waals surface area contributed by atoms with E-state index in [0.29, 0.717) is 17.2 Å². The predicted octanol–water partition coefficient (Wildman–Crippen LogP) is 3.04. The molecule has 0 radical (unpaired) electrons. The van der Waals surface area contributed by atoms with Crippen LogP contribution in [-0.2, 0) is 11.2 Å². The highest BCUT2D eigenvalue weighted by Gasteiger charge is 2.16. The first-order chi connectivity index (χ1) is 11.5. The number of hydrogen-bond donors (Lipinski definition) is 1. The zero-order chi connectivity index (χ0) is 16.8. The van der Waals surface area contributed by atoms with Gasteiger partial charge < -0.3 is 4.52 Å². The highest BCUT2D eigenvalue weighted by Crippen LogP contribution is 2.23. The minimum absolute atomic E-state index is 0.112. The maximum atomic E-state index is 12.3. The van der Waals surface area contributed by atoms with Crippen LogP contribution >= 0.6 is 11.3 Å². The summed E-state index contributed by atoms with van der Waals surface area (Å²) < 4.78 is 7.03. The molecule has 8 heteroatoms. The molecule has 0 bridgehead atoms. The lowest BCUT2D eigenvalue weighted by Gasteiger charge is -2.00. The van der Waals surface area contributed by atoms with Gasteiger partial charge in [-0.1, -0.05) is 5.16 Å². The fourth-order valence-corrected chi connectivity index (χ4v) is 3.34. The number of fused-ring (bicyclic) bond motifs is 2. The van der Waals surface area contributed by atoms with Crippen LogP contribution in [0.5, 0.6) is 0 Å². The Hall–Kier alpha value is -2.74. The highest BCUT2D eigenvalue weighted by molar-refractivity contribution is 7.15. The van der Waals surface area contributed by atoms with Crippen LogP contribution in [0, 0.1) is 20.8 Å². The molecule has 0 aliphatic rings. The quantitative estimate of drug-likeness (QED) is 0.619. The number of nitrogens with zero attached hydrogens (tertiary/aromatic N) is 4. The van der Waals surface area contributed by atoms with Crippen molar-refractivity contribution in [2.24, 2.45) is 0 Å². The average molecular weight is 341 g/mol. The van der Waals surface area contributed by atoms with Gasteiger partial charge in [0.2, 0.25) is 16.8 Å². The third-order valence-corrected chi connectivity index (χ3v) is 4.92. The standard InChI is InChI=1S/C16H15N5O2S/c1-8-4-11-12(20-23-13(11)5-9(8)2)6-14(22)17-15-18-16-21(19-15)10(3)7-24-16/h4-5,7H,6H2,1-3H3,(H,17,19,22). The van der Waals surface area contributed by atoms with Gasteiger partial charge in [-0.3, -0.25) is 10.1 Å². The van der Waals surface area contributed by atoms with Gasteiger partial charge in [0.25, 0.3) is 0 Å². The molecule has 3 aromatic heterocycles. The number of hydrogen-bond acceptors (Lipinski definition) is 6. The summed E-state index contributed by atoms with van der Waals surface area (Å²) in [4.78, 5) is 17.3. The van der Waals surface area contributed by atoms with E-state index < -0.39 is 0 Å². The Kier molecular flexibility index (Phi) is 3.34. The molecule has 0 aliphatic heterocycles. The van der Waals surface area contributed by atoms with E-state index in [1.54, 1.807) is 4.52 Å². The molecule has 0 saturated carbocycles. The van der Waals surface area contributed by atoms with E-state index in [0.717, 1.165) is 27.2 Å². The SMILES string of the molecule is Cc1cc2onc(CC(=O)Nc3nc4scc(C)n4n3)c2cc1C. The van der Waals surface area contributed by atoms with E-state index in [-0.39, 0.29) is 12.3 Å². The van der Waals surface area contributed by atoms with Crippen LogP contribution in [-0.4, -0.2) is 25.7 Å². The fourth-order valence-electron chi connectivity index (χ4n) is 2.54. The summed E-state index contributed by atoms with van der Waals surface area (Å²) in [5.41, 5.74) is 4.56. The molecule has 0 spiro atoms. The first-order valence-electron chi connectivity index (χ1n) is 7.47. The van der Waals surface area contributed by atoms with Crippen LogP contribution in [0.1, 0.15) is 22.5 Å². The minimum Gasteiger partial charge on any atom is -0.356 e. The fraction of sp³-hybridized carbons (Fsp3) is 0.250. The lowest BCUT2D eigenvalue weighted by atomic mass is 10.1. The van der Waals surface area contributed by atoms with Crippen LogP contribution in [0.15, 0.2) is 22.0 Å². The summed E-state index contributed by atoms with van der Waals surface area (Å²) in [7, 11) is 0. The van der Waals surface area contributed by atoms with Crippen LogP contribution in [0.3, 0.4) is 0 Å². The van der Waals surface area contributed by atoms with Gasteiger partial charge >= 0.3 is 0 Å². The highest BCUT2D eigenvalue weighted by atomic mass is 32.1. The van der Waals surface area contributed by atoms with Gasteiger partial charge in [0.05, 0.1) is 12.1 Å². The van der Waals surface area contributed by atoms with Gasteiger partial charge in [-0.25, -0.2) is 4.52 Å². The lowest BCUT2D eigenvalue weighted by molar-refractivity contribution is -0.115. The predicted molar refractivity (Wildman–Crippen MR) is 91.4 cm³/mol. The number of thiazole rings is 1. The molecule has 0 unspecified atom stereocenters. The van der Waals surface area contributed by atoms with Crippen molar-refractivity contribution in [3.8, 4) is 0 Å². The van der Waals surface area contributed by atoms with Crippen LogP contribution in [0.25, 0.3) is 15.9 Å². The van der Waals surface area contributed by atoms with E-state index in [1.807, 2.05) is 38.3 Å². The van der Waals surface area contributed by atoms with Gasteiger partial charge in [0.15, 0.2) is 5.58 Å². The maximum Gasteiger partial charge on any atom is 0.250 e. The molecular weight excluding hydrogens is 326 g/mol. The van der Waals surface area contributed by atoms with Crippen molar-refractivity contribution >= 4 is 39.1 Å². The maximum absolute atomic E-state index is 12.3. The van der Waals surface area contributed by atoms with Gasteiger partial charge in [0, 0.05) is 10.8 Å². The third kappa shape index (κ3) is 2.44. The number of aromatic nitrogens is 4. The van der Waals surface area contributed by atoms with Crippen LogP contribution < -0.4 is 5.32 Å². The van der Waals surface area contributed by atoms with E-state index in [1.165, 1.54) is 11.3 Å². The van der Waals surface area contributed by atoms with Crippen molar-refractivity contribution < 1.29 is 9.32 Å². The molecule has 1 aromatic carbocycles. The van der Waals surface area contributed by atoms with Crippen molar-refractivity contribution in [3.05, 3.63) is 40.0 Å². The van der Waals surface area contributed by atoms with E-state index in [4.69, 9.17) is 4.52 Å². The topological polar surface area (TPSA) is 85.3 Å². The molecule has 0 atom stereocenters. The normalized spacial score (nSPS) is 11.5. The minimum atomic E-state index is -0.223. The number of amides is 1. The molecule has 4 rings (SSSR count). The van der Waals surface area contributed by atoms with Gasteiger partial charge in [-0.2, -0.15) is 4.98 Å². The number of rotatable bonds is 3. The molecule has 4 aromatic rings. The molecule has 1 N–H and O–H groups in total. The molecule has 0 saturated heterocycles. The largest absolute Gasteiger partial charge is 0.356 e. The first kappa shape index (κ1) is 14.8. The first-order valence-corrected chi connectivity index (χ1v) is 8.35. The molecular formula is C16H15N5O2S. The summed E-state index contributed by atoms with van der Waals surface area (Å²) in [6.07, 6.45) is 0.112. The van der Waals surface area contributed by atoms with Gasteiger partial charge in [-0.05, 0) is 44.0 Å². The van der Waals surface area contributed by atoms with Crippen molar-refractivity contribution in [2.45, 2.75) is 27.2 Å². The second-order valence-corrected chi connectivity index (χ2v) is 6.63.